The SMILES string of the molecule is CCc1cccc(N2CCN(c3ccsc3)CC2)c1. The number of benzene rings is 1. The second kappa shape index (κ2) is 5.66. The van der Waals surface area contributed by atoms with Gasteiger partial charge in [-0.05, 0) is 35.6 Å². The molecule has 1 aromatic carbocycles. The zero-order valence-electron chi connectivity index (χ0n) is 11.4. The maximum absolute atomic E-state index is 2.50. The first kappa shape index (κ1) is 12.5. The van der Waals surface area contributed by atoms with E-state index < -0.39 is 0 Å². The summed E-state index contributed by atoms with van der Waals surface area (Å²) in [5.41, 5.74) is 4.19. The van der Waals surface area contributed by atoms with Crippen LogP contribution in [0.1, 0.15) is 12.5 Å². The Balaban J connectivity index is 1.66. The Morgan fingerprint density at radius 1 is 1.00 bits per heavy atom. The van der Waals surface area contributed by atoms with E-state index in [9.17, 15) is 0 Å². The van der Waals surface area contributed by atoms with E-state index in [0.29, 0.717) is 0 Å². The van der Waals surface area contributed by atoms with Crippen molar-refractivity contribution in [3.63, 3.8) is 0 Å². The molecule has 2 heterocycles. The molecule has 1 aliphatic heterocycles. The standard InChI is InChI=1S/C16H20N2S/c1-2-14-4-3-5-15(12-14)17-7-9-18(10-8-17)16-6-11-19-13-16/h3-6,11-13H,2,7-10H2,1H3. The van der Waals surface area contributed by atoms with Gasteiger partial charge in [0.15, 0.2) is 0 Å². The first-order valence-electron chi connectivity index (χ1n) is 6.98. The molecule has 0 amide bonds. The molecule has 100 valence electrons. The van der Waals surface area contributed by atoms with Crippen molar-refractivity contribution in [3.8, 4) is 0 Å². The normalized spacial score (nSPS) is 15.8. The van der Waals surface area contributed by atoms with E-state index in [4.69, 9.17) is 0 Å². The summed E-state index contributed by atoms with van der Waals surface area (Å²) < 4.78 is 0. The number of hydrogen-bond donors (Lipinski definition) is 0. The van der Waals surface area contributed by atoms with Crippen molar-refractivity contribution in [2.24, 2.45) is 0 Å². The number of anilines is 2. The van der Waals surface area contributed by atoms with Crippen molar-refractivity contribution >= 4 is 22.7 Å². The fraction of sp³-hybridized carbons (Fsp3) is 0.375. The third-order valence-corrected chi connectivity index (χ3v) is 4.51. The Bertz CT molecular complexity index is 513. The molecule has 0 atom stereocenters. The monoisotopic (exact) mass is 272 g/mol. The Kier molecular flexibility index (Phi) is 3.74. The molecule has 0 aliphatic carbocycles. The van der Waals surface area contributed by atoms with E-state index in [1.54, 1.807) is 11.3 Å². The summed E-state index contributed by atoms with van der Waals surface area (Å²) >= 11 is 1.78. The second-order valence-electron chi connectivity index (χ2n) is 4.98. The molecular formula is C16H20N2S. The van der Waals surface area contributed by atoms with Crippen molar-refractivity contribution in [2.45, 2.75) is 13.3 Å². The summed E-state index contributed by atoms with van der Waals surface area (Å²) in [4.78, 5) is 4.98. The van der Waals surface area contributed by atoms with Crippen LogP contribution < -0.4 is 9.80 Å². The Morgan fingerprint density at radius 3 is 2.37 bits per heavy atom. The Labute approximate surface area is 119 Å². The smallest absolute Gasteiger partial charge is 0.0476 e. The van der Waals surface area contributed by atoms with Gasteiger partial charge in [0, 0.05) is 42.9 Å². The van der Waals surface area contributed by atoms with E-state index in [2.05, 4.69) is 57.8 Å². The first-order chi connectivity index (χ1) is 9.36. The van der Waals surface area contributed by atoms with Crippen molar-refractivity contribution in [3.05, 3.63) is 46.7 Å². The molecule has 0 saturated carbocycles. The highest BCUT2D eigenvalue weighted by Gasteiger charge is 2.17. The van der Waals surface area contributed by atoms with Crippen molar-refractivity contribution in [1.82, 2.24) is 0 Å². The molecule has 3 heteroatoms. The maximum atomic E-state index is 2.50. The summed E-state index contributed by atoms with van der Waals surface area (Å²) in [7, 11) is 0. The molecule has 0 spiro atoms. The molecule has 2 nitrogen and oxygen atoms in total. The second-order valence-corrected chi connectivity index (χ2v) is 5.76. The lowest BCUT2D eigenvalue weighted by molar-refractivity contribution is 0.654. The number of hydrogen-bond acceptors (Lipinski definition) is 3. The highest BCUT2D eigenvalue weighted by molar-refractivity contribution is 7.08. The zero-order valence-corrected chi connectivity index (χ0v) is 12.2. The lowest BCUT2D eigenvalue weighted by Gasteiger charge is -2.37. The van der Waals surface area contributed by atoms with Gasteiger partial charge in [0.05, 0.1) is 0 Å². The number of nitrogens with zero attached hydrogens (tertiary/aromatic N) is 2. The van der Waals surface area contributed by atoms with Gasteiger partial charge in [-0.25, -0.2) is 0 Å². The van der Waals surface area contributed by atoms with Crippen LogP contribution in [0.15, 0.2) is 41.1 Å². The molecule has 0 N–H and O–H groups in total. The summed E-state index contributed by atoms with van der Waals surface area (Å²) in [5, 5.41) is 4.40. The van der Waals surface area contributed by atoms with Crippen LogP contribution in [0.2, 0.25) is 0 Å². The molecule has 2 aromatic rings. The third kappa shape index (κ3) is 2.76. The van der Waals surface area contributed by atoms with Crippen LogP contribution in [-0.4, -0.2) is 26.2 Å². The summed E-state index contributed by atoms with van der Waals surface area (Å²) in [6.07, 6.45) is 1.11. The third-order valence-electron chi connectivity index (χ3n) is 3.83. The molecule has 3 rings (SSSR count). The summed E-state index contributed by atoms with van der Waals surface area (Å²) in [6, 6.07) is 11.2. The topological polar surface area (TPSA) is 6.48 Å². The van der Waals surface area contributed by atoms with Gasteiger partial charge in [-0.15, -0.1) is 0 Å². The molecule has 0 radical (unpaired) electrons. The maximum Gasteiger partial charge on any atom is 0.0476 e. The predicted molar refractivity (Wildman–Crippen MR) is 84.6 cm³/mol. The van der Waals surface area contributed by atoms with Crippen LogP contribution in [-0.2, 0) is 6.42 Å². The summed E-state index contributed by atoms with van der Waals surface area (Å²) in [5.74, 6) is 0. The van der Waals surface area contributed by atoms with Crippen LogP contribution in [0.3, 0.4) is 0 Å². The average molecular weight is 272 g/mol. The van der Waals surface area contributed by atoms with Crippen molar-refractivity contribution in [2.75, 3.05) is 36.0 Å². The molecule has 1 aromatic heterocycles. The lowest BCUT2D eigenvalue weighted by Crippen LogP contribution is -2.46. The summed E-state index contributed by atoms with van der Waals surface area (Å²) in [6.45, 7) is 6.68. The molecule has 0 unspecified atom stereocenters. The number of thiophene rings is 1. The lowest BCUT2D eigenvalue weighted by atomic mass is 10.1. The Hall–Kier alpha value is -1.48. The predicted octanol–water partition coefficient (Wildman–Crippen LogP) is 3.64. The molecule has 1 fully saturated rings. The van der Waals surface area contributed by atoms with Gasteiger partial charge in [-0.1, -0.05) is 19.1 Å². The first-order valence-corrected chi connectivity index (χ1v) is 7.92. The minimum atomic E-state index is 1.11. The Morgan fingerprint density at radius 2 is 1.74 bits per heavy atom. The van der Waals surface area contributed by atoms with E-state index >= 15 is 0 Å². The highest BCUT2D eigenvalue weighted by atomic mass is 32.1. The van der Waals surface area contributed by atoms with Gasteiger partial charge in [-0.3, -0.25) is 0 Å². The molecule has 1 saturated heterocycles. The number of aryl methyl sites for hydroxylation is 1. The minimum Gasteiger partial charge on any atom is -0.368 e. The van der Waals surface area contributed by atoms with E-state index in [-0.39, 0.29) is 0 Å². The van der Waals surface area contributed by atoms with Crippen LogP contribution in [0, 0.1) is 0 Å². The van der Waals surface area contributed by atoms with E-state index in [1.165, 1.54) is 16.9 Å². The van der Waals surface area contributed by atoms with Gasteiger partial charge < -0.3 is 9.80 Å². The van der Waals surface area contributed by atoms with E-state index in [1.807, 2.05) is 0 Å². The van der Waals surface area contributed by atoms with Gasteiger partial charge in [0.25, 0.3) is 0 Å². The van der Waals surface area contributed by atoms with Crippen molar-refractivity contribution in [1.29, 1.82) is 0 Å². The van der Waals surface area contributed by atoms with Crippen molar-refractivity contribution < 1.29 is 0 Å². The average Bonchev–Trinajstić information content (AvgIpc) is 3.02. The van der Waals surface area contributed by atoms with Gasteiger partial charge in [0.1, 0.15) is 0 Å². The fourth-order valence-electron chi connectivity index (χ4n) is 2.63. The minimum absolute atomic E-state index is 1.11. The van der Waals surface area contributed by atoms with E-state index in [0.717, 1.165) is 32.6 Å². The molecule has 19 heavy (non-hydrogen) atoms. The number of piperazine rings is 1. The molecular weight excluding hydrogens is 252 g/mol. The van der Waals surface area contributed by atoms with Gasteiger partial charge in [0.2, 0.25) is 0 Å². The zero-order chi connectivity index (χ0) is 13.1. The number of rotatable bonds is 3. The van der Waals surface area contributed by atoms with Crippen LogP contribution in [0.5, 0.6) is 0 Å². The highest BCUT2D eigenvalue weighted by Crippen LogP contribution is 2.23. The van der Waals surface area contributed by atoms with Gasteiger partial charge in [-0.2, -0.15) is 11.3 Å². The van der Waals surface area contributed by atoms with Crippen LogP contribution >= 0.6 is 11.3 Å². The largest absolute Gasteiger partial charge is 0.368 e. The fourth-order valence-corrected chi connectivity index (χ4v) is 3.30. The molecule has 0 bridgehead atoms. The van der Waals surface area contributed by atoms with Crippen LogP contribution in [0.25, 0.3) is 0 Å². The molecule has 1 aliphatic rings. The quantitative estimate of drug-likeness (QED) is 0.841. The van der Waals surface area contributed by atoms with Gasteiger partial charge >= 0.3 is 0 Å². The van der Waals surface area contributed by atoms with Crippen LogP contribution in [0.4, 0.5) is 11.4 Å².